The third-order valence-electron chi connectivity index (χ3n) is 0.942. The van der Waals surface area contributed by atoms with E-state index in [1.54, 1.807) is 6.20 Å². The van der Waals surface area contributed by atoms with E-state index in [1.165, 1.54) is 0 Å². The Morgan fingerprint density at radius 3 is 2.56 bits per heavy atom. The Kier molecular flexibility index (Phi) is 4.08. The van der Waals surface area contributed by atoms with E-state index in [0.717, 1.165) is 10.7 Å². The van der Waals surface area contributed by atoms with Gasteiger partial charge in [0.25, 0.3) is 0 Å². The minimum atomic E-state index is 0. The number of aromatic nitrogens is 1. The molecule has 3 heteroatoms. The molecule has 0 aliphatic heterocycles. The van der Waals surface area contributed by atoms with E-state index in [2.05, 4.69) is 4.98 Å². The van der Waals surface area contributed by atoms with Crippen molar-refractivity contribution >= 4 is 11.6 Å². The molecule has 0 aliphatic carbocycles. The van der Waals surface area contributed by atoms with E-state index >= 15 is 0 Å². The van der Waals surface area contributed by atoms with Crippen LogP contribution in [0.2, 0.25) is 5.02 Å². The minimum Gasteiger partial charge on any atom is -0.260 e. The van der Waals surface area contributed by atoms with Crippen LogP contribution in [-0.4, -0.2) is 4.98 Å². The number of aryl methyl sites for hydroxylation is 1. The Bertz CT molecular complexity index is 169. The molecule has 50 valence electrons. The van der Waals surface area contributed by atoms with Crippen LogP contribution < -0.4 is 0 Å². The molecule has 1 heterocycles. The molecule has 0 atom stereocenters. The molecule has 0 unspecified atom stereocenters. The molecule has 1 rings (SSSR count). The largest absolute Gasteiger partial charge is 2.00 e. The average molecular weight is 323 g/mol. The van der Waals surface area contributed by atoms with Crippen molar-refractivity contribution in [1.82, 2.24) is 4.98 Å². The third-order valence-corrected chi connectivity index (χ3v) is 1.34. The molecule has 0 N–H and O–H groups in total. The van der Waals surface area contributed by atoms with Gasteiger partial charge in [-0.1, -0.05) is 11.6 Å². The number of halogens is 1. The van der Waals surface area contributed by atoms with Gasteiger partial charge in [-0.05, 0) is 19.1 Å². The van der Waals surface area contributed by atoms with Gasteiger partial charge in [0.05, 0.1) is 10.7 Å². The van der Waals surface area contributed by atoms with Gasteiger partial charge in [-0.2, -0.15) is 0 Å². The normalized spacial score (nSPS) is 8.22. The van der Waals surface area contributed by atoms with E-state index in [4.69, 9.17) is 11.6 Å². The fourth-order valence-corrected chi connectivity index (χ4v) is 0.586. The van der Waals surface area contributed by atoms with Crippen LogP contribution in [0.5, 0.6) is 0 Å². The molecule has 0 bridgehead atoms. The quantitative estimate of drug-likeness (QED) is 0.712. The van der Waals surface area contributed by atoms with Gasteiger partial charge in [-0.15, -0.1) is 0 Å². The zero-order chi connectivity index (χ0) is 5.98. The van der Waals surface area contributed by atoms with Crippen molar-refractivity contribution in [2.75, 3.05) is 0 Å². The van der Waals surface area contributed by atoms with E-state index in [0.29, 0.717) is 0 Å². The van der Waals surface area contributed by atoms with Crippen LogP contribution in [-0.2, 0) is 21.1 Å². The Morgan fingerprint density at radius 1 is 1.56 bits per heavy atom. The predicted octanol–water partition coefficient (Wildman–Crippen LogP) is 2.04. The van der Waals surface area contributed by atoms with Crippen molar-refractivity contribution in [3.8, 4) is 0 Å². The summed E-state index contributed by atoms with van der Waals surface area (Å²) < 4.78 is 0. The summed E-state index contributed by atoms with van der Waals surface area (Å²) >= 11 is 5.65. The van der Waals surface area contributed by atoms with Gasteiger partial charge in [0.2, 0.25) is 0 Å². The zero-order valence-corrected chi connectivity index (χ0v) is 7.90. The summed E-state index contributed by atoms with van der Waals surface area (Å²) in [4.78, 5) is 3.95. The van der Waals surface area contributed by atoms with Crippen LogP contribution in [0.4, 0.5) is 0 Å². The molecular weight excluding hydrogens is 317 g/mol. The molecule has 0 radical (unpaired) electrons. The van der Waals surface area contributed by atoms with Crippen molar-refractivity contribution in [1.29, 1.82) is 0 Å². The van der Waals surface area contributed by atoms with E-state index < -0.39 is 0 Å². The predicted molar refractivity (Wildman–Crippen MR) is 34.0 cm³/mol. The summed E-state index contributed by atoms with van der Waals surface area (Å²) in [6.07, 6.45) is 1.72. The average Bonchev–Trinajstić information content (AvgIpc) is 1.77. The number of hydrogen-bond donors (Lipinski definition) is 0. The minimum absolute atomic E-state index is 0. The van der Waals surface area contributed by atoms with Crippen molar-refractivity contribution in [3.05, 3.63) is 29.0 Å². The molecular formula is C6H6ClNPt+2. The number of rotatable bonds is 0. The molecule has 9 heavy (non-hydrogen) atoms. The van der Waals surface area contributed by atoms with Crippen LogP contribution in [0.15, 0.2) is 18.3 Å². The van der Waals surface area contributed by atoms with E-state index in [9.17, 15) is 0 Å². The molecule has 1 nitrogen and oxygen atoms in total. The number of hydrogen-bond acceptors (Lipinski definition) is 1. The monoisotopic (exact) mass is 322 g/mol. The number of pyridine rings is 1. The maximum Gasteiger partial charge on any atom is 2.00 e. The Labute approximate surface area is 73.7 Å². The summed E-state index contributed by atoms with van der Waals surface area (Å²) in [5.41, 5.74) is 0.883. The summed E-state index contributed by atoms with van der Waals surface area (Å²) in [6, 6.07) is 3.64. The Hall–Kier alpha value is 0.128. The Morgan fingerprint density at radius 2 is 2.22 bits per heavy atom. The standard InChI is InChI=1S/C6H6ClN.Pt/c1-5-6(7)3-2-4-8-5;/h2-4H,1H3;/q;+2. The topological polar surface area (TPSA) is 12.9 Å². The van der Waals surface area contributed by atoms with Gasteiger partial charge >= 0.3 is 21.1 Å². The Balaban J connectivity index is 0.000000640. The molecule has 0 aliphatic rings. The van der Waals surface area contributed by atoms with Crippen molar-refractivity contribution in [2.45, 2.75) is 6.92 Å². The van der Waals surface area contributed by atoms with Crippen LogP contribution in [0.3, 0.4) is 0 Å². The first-order chi connectivity index (χ1) is 3.80. The van der Waals surface area contributed by atoms with E-state index in [1.807, 2.05) is 19.1 Å². The fourth-order valence-electron chi connectivity index (χ4n) is 0.465. The molecule has 0 saturated heterocycles. The number of nitrogens with zero attached hydrogens (tertiary/aromatic N) is 1. The van der Waals surface area contributed by atoms with Gasteiger partial charge in [0.1, 0.15) is 0 Å². The van der Waals surface area contributed by atoms with Crippen LogP contribution >= 0.6 is 11.6 Å². The van der Waals surface area contributed by atoms with Crippen LogP contribution in [0, 0.1) is 6.92 Å². The van der Waals surface area contributed by atoms with Gasteiger partial charge in [0.15, 0.2) is 0 Å². The van der Waals surface area contributed by atoms with Gasteiger partial charge in [-0.25, -0.2) is 0 Å². The van der Waals surface area contributed by atoms with E-state index in [-0.39, 0.29) is 21.1 Å². The fraction of sp³-hybridized carbons (Fsp3) is 0.167. The maximum atomic E-state index is 5.65. The summed E-state index contributed by atoms with van der Waals surface area (Å²) in [7, 11) is 0. The van der Waals surface area contributed by atoms with Crippen molar-refractivity contribution < 1.29 is 21.1 Å². The molecule has 0 saturated carbocycles. The molecule has 0 fully saturated rings. The molecule has 0 aromatic carbocycles. The first kappa shape index (κ1) is 9.13. The third kappa shape index (κ3) is 2.47. The van der Waals surface area contributed by atoms with Crippen molar-refractivity contribution in [2.24, 2.45) is 0 Å². The van der Waals surface area contributed by atoms with Crippen LogP contribution in [0.1, 0.15) is 5.69 Å². The second-order valence-corrected chi connectivity index (χ2v) is 1.98. The summed E-state index contributed by atoms with van der Waals surface area (Å²) in [6.45, 7) is 1.88. The first-order valence-electron chi connectivity index (χ1n) is 2.38. The SMILES string of the molecule is Cc1ncccc1Cl.[Pt+2]. The maximum absolute atomic E-state index is 5.65. The first-order valence-corrected chi connectivity index (χ1v) is 2.75. The molecule has 1 aromatic rings. The zero-order valence-electron chi connectivity index (χ0n) is 4.87. The summed E-state index contributed by atoms with van der Waals surface area (Å²) in [5, 5.41) is 0.729. The van der Waals surface area contributed by atoms with Gasteiger partial charge in [0, 0.05) is 6.20 Å². The summed E-state index contributed by atoms with van der Waals surface area (Å²) in [5.74, 6) is 0. The van der Waals surface area contributed by atoms with Crippen LogP contribution in [0.25, 0.3) is 0 Å². The smallest absolute Gasteiger partial charge is 0.260 e. The second kappa shape index (κ2) is 4.03. The van der Waals surface area contributed by atoms with Crippen molar-refractivity contribution in [3.63, 3.8) is 0 Å². The molecule has 0 amide bonds. The molecule has 0 spiro atoms. The second-order valence-electron chi connectivity index (χ2n) is 1.57. The van der Waals surface area contributed by atoms with Gasteiger partial charge < -0.3 is 0 Å². The van der Waals surface area contributed by atoms with Gasteiger partial charge in [-0.3, -0.25) is 4.98 Å². The molecule has 1 aromatic heterocycles.